The molecule has 0 saturated heterocycles. The van der Waals surface area contributed by atoms with E-state index in [1.165, 1.54) is 0 Å². The maximum Gasteiger partial charge on any atom is 0.268 e. The Morgan fingerprint density at radius 2 is 2.00 bits per heavy atom. The van der Waals surface area contributed by atoms with E-state index in [0.717, 1.165) is 24.1 Å². The molecule has 2 aromatic rings. The number of amides is 1. The molecule has 1 saturated carbocycles. The van der Waals surface area contributed by atoms with Crippen LogP contribution in [0.25, 0.3) is 11.3 Å². The Hall–Kier alpha value is -2.07. The third kappa shape index (κ3) is 2.85. The Bertz CT molecular complexity index is 630. The van der Waals surface area contributed by atoms with Crippen molar-refractivity contribution in [1.29, 1.82) is 0 Å². The molecule has 1 aliphatic carbocycles. The van der Waals surface area contributed by atoms with Crippen molar-refractivity contribution in [2.75, 3.05) is 6.54 Å². The maximum atomic E-state index is 12.4. The van der Waals surface area contributed by atoms with E-state index in [0.29, 0.717) is 18.2 Å². The Labute approximate surface area is 124 Å². The molecule has 3 rings (SSSR count). The monoisotopic (exact) mass is 283 g/mol. The molecular weight excluding hydrogens is 262 g/mol. The summed E-state index contributed by atoms with van der Waals surface area (Å²) in [5.41, 5.74) is 8.14. The normalized spacial score (nSPS) is 17.2. The first-order valence-electron chi connectivity index (χ1n) is 7.39. The van der Waals surface area contributed by atoms with E-state index in [1.54, 1.807) is 0 Å². The van der Waals surface area contributed by atoms with Gasteiger partial charge in [-0.05, 0) is 43.4 Å². The Morgan fingerprint density at radius 3 is 2.62 bits per heavy atom. The quantitative estimate of drug-likeness (QED) is 0.789. The van der Waals surface area contributed by atoms with Crippen molar-refractivity contribution in [2.45, 2.75) is 25.3 Å². The van der Waals surface area contributed by atoms with Crippen LogP contribution in [0.15, 0.2) is 42.5 Å². The zero-order chi connectivity index (χ0) is 14.9. The molecule has 1 atom stereocenters. The summed E-state index contributed by atoms with van der Waals surface area (Å²) < 4.78 is 0. The average Bonchev–Trinajstić information content (AvgIpc) is 3.26. The van der Waals surface area contributed by atoms with Crippen LogP contribution in [0.1, 0.15) is 30.3 Å². The van der Waals surface area contributed by atoms with E-state index in [2.05, 4.69) is 10.3 Å². The number of aromatic amines is 1. The summed E-state index contributed by atoms with van der Waals surface area (Å²) >= 11 is 0. The van der Waals surface area contributed by atoms with Gasteiger partial charge in [0, 0.05) is 12.2 Å². The van der Waals surface area contributed by atoms with E-state index in [4.69, 9.17) is 5.73 Å². The summed E-state index contributed by atoms with van der Waals surface area (Å²) in [6, 6.07) is 13.7. The molecule has 110 valence electrons. The van der Waals surface area contributed by atoms with Crippen molar-refractivity contribution >= 4 is 5.91 Å². The van der Waals surface area contributed by atoms with Gasteiger partial charge in [0.25, 0.3) is 5.91 Å². The Kier molecular flexibility index (Phi) is 3.55. The lowest BCUT2D eigenvalue weighted by atomic mass is 9.96. The standard InChI is InChI=1S/C17H21N3O/c1-17(11-18,13-7-8-13)20-16(21)15-10-9-14(19-15)12-5-3-2-4-6-12/h2-6,9-10,13,19H,7-8,11,18H2,1H3,(H,20,21). The minimum absolute atomic E-state index is 0.0861. The van der Waals surface area contributed by atoms with Crippen LogP contribution in [0.5, 0.6) is 0 Å². The first-order chi connectivity index (χ1) is 10.1. The molecule has 4 nitrogen and oxygen atoms in total. The van der Waals surface area contributed by atoms with Gasteiger partial charge in [0.15, 0.2) is 0 Å². The van der Waals surface area contributed by atoms with E-state index < -0.39 is 0 Å². The minimum Gasteiger partial charge on any atom is -0.351 e. The molecule has 0 aliphatic heterocycles. The zero-order valence-electron chi connectivity index (χ0n) is 12.2. The topological polar surface area (TPSA) is 70.9 Å². The van der Waals surface area contributed by atoms with Gasteiger partial charge in [-0.3, -0.25) is 4.79 Å². The molecular formula is C17H21N3O. The van der Waals surface area contributed by atoms with Crippen LogP contribution in [0.2, 0.25) is 0 Å². The first-order valence-corrected chi connectivity index (χ1v) is 7.39. The summed E-state index contributed by atoms with van der Waals surface area (Å²) in [4.78, 5) is 15.6. The highest BCUT2D eigenvalue weighted by atomic mass is 16.2. The summed E-state index contributed by atoms with van der Waals surface area (Å²) in [6.07, 6.45) is 2.29. The number of rotatable bonds is 5. The van der Waals surface area contributed by atoms with Gasteiger partial charge in [-0.15, -0.1) is 0 Å². The highest BCUT2D eigenvalue weighted by Gasteiger charge is 2.41. The predicted molar refractivity (Wildman–Crippen MR) is 83.9 cm³/mol. The fraction of sp³-hybridized carbons (Fsp3) is 0.353. The molecule has 1 heterocycles. The van der Waals surface area contributed by atoms with Gasteiger partial charge in [0.2, 0.25) is 0 Å². The molecule has 1 aliphatic rings. The largest absolute Gasteiger partial charge is 0.351 e. The lowest BCUT2D eigenvalue weighted by Gasteiger charge is -2.29. The number of aromatic nitrogens is 1. The summed E-state index contributed by atoms with van der Waals surface area (Å²) in [5.74, 6) is 0.423. The van der Waals surface area contributed by atoms with Crippen molar-refractivity contribution in [3.05, 3.63) is 48.2 Å². The number of hydrogen-bond donors (Lipinski definition) is 3. The van der Waals surface area contributed by atoms with Crippen LogP contribution < -0.4 is 11.1 Å². The number of hydrogen-bond acceptors (Lipinski definition) is 2. The van der Waals surface area contributed by atoms with Crippen molar-refractivity contribution in [2.24, 2.45) is 11.7 Å². The van der Waals surface area contributed by atoms with Crippen LogP contribution in [0.3, 0.4) is 0 Å². The van der Waals surface area contributed by atoms with Gasteiger partial charge in [-0.25, -0.2) is 0 Å². The number of benzene rings is 1. The molecule has 1 aromatic carbocycles. The second kappa shape index (κ2) is 5.37. The van der Waals surface area contributed by atoms with Crippen LogP contribution in [-0.2, 0) is 0 Å². The molecule has 21 heavy (non-hydrogen) atoms. The van der Waals surface area contributed by atoms with E-state index >= 15 is 0 Å². The third-order valence-electron chi connectivity index (χ3n) is 4.32. The van der Waals surface area contributed by atoms with Crippen LogP contribution >= 0.6 is 0 Å². The summed E-state index contributed by atoms with van der Waals surface area (Å²) in [7, 11) is 0. The number of carbonyl (C=O) groups is 1. The molecule has 4 N–H and O–H groups in total. The van der Waals surface area contributed by atoms with Crippen LogP contribution in [0, 0.1) is 5.92 Å². The van der Waals surface area contributed by atoms with E-state index in [1.807, 2.05) is 49.4 Å². The number of carbonyl (C=O) groups excluding carboxylic acids is 1. The van der Waals surface area contributed by atoms with Gasteiger partial charge < -0.3 is 16.0 Å². The first kappa shape index (κ1) is 13.9. The van der Waals surface area contributed by atoms with Gasteiger partial charge in [-0.1, -0.05) is 30.3 Å². The van der Waals surface area contributed by atoms with Gasteiger partial charge in [0.1, 0.15) is 5.69 Å². The molecule has 1 aromatic heterocycles. The number of nitrogens with two attached hydrogens (primary N) is 1. The SMILES string of the molecule is CC(CN)(NC(=O)c1ccc(-c2ccccc2)[nH]1)C1CC1. The predicted octanol–water partition coefficient (Wildman–Crippen LogP) is 2.54. The highest BCUT2D eigenvalue weighted by molar-refractivity contribution is 5.94. The third-order valence-corrected chi connectivity index (χ3v) is 4.32. The van der Waals surface area contributed by atoms with Crippen molar-refractivity contribution in [3.63, 3.8) is 0 Å². The molecule has 1 unspecified atom stereocenters. The number of H-pyrrole nitrogens is 1. The van der Waals surface area contributed by atoms with Gasteiger partial charge in [-0.2, -0.15) is 0 Å². The van der Waals surface area contributed by atoms with Crippen LogP contribution in [0.4, 0.5) is 0 Å². The lowest BCUT2D eigenvalue weighted by Crippen LogP contribution is -2.53. The van der Waals surface area contributed by atoms with E-state index in [9.17, 15) is 4.79 Å². The van der Waals surface area contributed by atoms with Crippen molar-refractivity contribution in [3.8, 4) is 11.3 Å². The Morgan fingerprint density at radius 1 is 1.29 bits per heavy atom. The fourth-order valence-electron chi connectivity index (χ4n) is 2.68. The molecule has 0 spiro atoms. The molecule has 0 bridgehead atoms. The molecule has 0 radical (unpaired) electrons. The minimum atomic E-state index is -0.297. The van der Waals surface area contributed by atoms with Crippen molar-refractivity contribution in [1.82, 2.24) is 10.3 Å². The molecule has 1 amide bonds. The fourth-order valence-corrected chi connectivity index (χ4v) is 2.68. The second-order valence-corrected chi connectivity index (χ2v) is 6.00. The lowest BCUT2D eigenvalue weighted by molar-refractivity contribution is 0.0893. The van der Waals surface area contributed by atoms with Gasteiger partial charge >= 0.3 is 0 Å². The van der Waals surface area contributed by atoms with Crippen LogP contribution in [-0.4, -0.2) is 23.0 Å². The second-order valence-electron chi connectivity index (χ2n) is 6.00. The molecule has 1 fully saturated rings. The van der Waals surface area contributed by atoms with Crippen molar-refractivity contribution < 1.29 is 4.79 Å². The maximum absolute atomic E-state index is 12.4. The Balaban J connectivity index is 1.75. The highest BCUT2D eigenvalue weighted by Crippen LogP contribution is 2.39. The summed E-state index contributed by atoms with van der Waals surface area (Å²) in [5, 5.41) is 3.09. The zero-order valence-corrected chi connectivity index (χ0v) is 12.2. The molecule has 4 heteroatoms. The smallest absolute Gasteiger partial charge is 0.268 e. The summed E-state index contributed by atoms with van der Waals surface area (Å²) in [6.45, 7) is 2.50. The van der Waals surface area contributed by atoms with Gasteiger partial charge in [0.05, 0.1) is 5.54 Å². The van der Waals surface area contributed by atoms with E-state index in [-0.39, 0.29) is 11.4 Å². The average molecular weight is 283 g/mol. The number of nitrogens with one attached hydrogen (secondary N) is 2.